The van der Waals surface area contributed by atoms with E-state index in [1.165, 1.54) is 9.60 Å². The highest BCUT2D eigenvalue weighted by atomic mass is 32.2. The molecule has 0 saturated carbocycles. The van der Waals surface area contributed by atoms with E-state index in [0.29, 0.717) is 11.8 Å². The molecule has 0 aliphatic carbocycles. The number of likely N-dealkylation sites (tertiary alicyclic amines) is 1. The van der Waals surface area contributed by atoms with Gasteiger partial charge in [0.1, 0.15) is 5.01 Å². The van der Waals surface area contributed by atoms with Crippen LogP contribution in [0.2, 0.25) is 0 Å². The Morgan fingerprint density at radius 2 is 1.93 bits per heavy atom. The van der Waals surface area contributed by atoms with Gasteiger partial charge >= 0.3 is 0 Å². The van der Waals surface area contributed by atoms with E-state index in [4.69, 9.17) is 4.98 Å². The summed E-state index contributed by atoms with van der Waals surface area (Å²) in [5.74, 6) is 0.208. The summed E-state index contributed by atoms with van der Waals surface area (Å²) in [4.78, 5) is 23.8. The van der Waals surface area contributed by atoms with E-state index < -0.39 is 0 Å². The molecule has 0 N–H and O–H groups in total. The molecule has 0 spiro atoms. The number of hydrogen-bond donors (Lipinski definition) is 0. The van der Waals surface area contributed by atoms with Crippen LogP contribution in [0.1, 0.15) is 37.2 Å². The lowest BCUT2D eigenvalue weighted by molar-refractivity contribution is -0.120. The smallest absolute Gasteiger partial charge is 0.241 e. The van der Waals surface area contributed by atoms with Gasteiger partial charge < -0.3 is 4.90 Å². The van der Waals surface area contributed by atoms with Crippen molar-refractivity contribution in [2.45, 2.75) is 42.4 Å². The average Bonchev–Trinajstić information content (AvgIpc) is 3.31. The Morgan fingerprint density at radius 1 is 1.10 bits per heavy atom. The van der Waals surface area contributed by atoms with Crippen LogP contribution in [0.3, 0.4) is 0 Å². The third kappa shape index (κ3) is 3.81. The van der Waals surface area contributed by atoms with E-state index in [0.717, 1.165) is 48.6 Å². The lowest BCUT2D eigenvalue weighted by Crippen LogP contribution is -2.41. The SMILES string of the molecule is C[C@@H]1CCN(C(=O)CN2CCC[C@H]2c2nc3ccccc3s2)c2ccccc2S1. The molecule has 2 aromatic carbocycles. The van der Waals surface area contributed by atoms with Gasteiger partial charge in [0.2, 0.25) is 5.91 Å². The van der Waals surface area contributed by atoms with Crippen LogP contribution in [-0.4, -0.2) is 40.7 Å². The van der Waals surface area contributed by atoms with Crippen molar-refractivity contribution in [3.63, 3.8) is 0 Å². The summed E-state index contributed by atoms with van der Waals surface area (Å²) in [6, 6.07) is 16.9. The number of benzene rings is 2. The van der Waals surface area contributed by atoms with Gasteiger partial charge in [0, 0.05) is 16.7 Å². The van der Waals surface area contributed by atoms with Crippen LogP contribution in [0.4, 0.5) is 5.69 Å². The number of thioether (sulfide) groups is 1. The third-order valence-electron chi connectivity index (χ3n) is 5.84. The molecule has 2 aliphatic rings. The van der Waals surface area contributed by atoms with Gasteiger partial charge in [-0.25, -0.2) is 4.98 Å². The summed E-state index contributed by atoms with van der Waals surface area (Å²) in [7, 11) is 0. The zero-order valence-electron chi connectivity index (χ0n) is 16.6. The molecule has 0 radical (unpaired) electrons. The van der Waals surface area contributed by atoms with Gasteiger partial charge in [-0.3, -0.25) is 9.69 Å². The Labute approximate surface area is 179 Å². The minimum atomic E-state index is 0.208. The maximum Gasteiger partial charge on any atom is 0.241 e. The van der Waals surface area contributed by atoms with Gasteiger partial charge in [0.15, 0.2) is 0 Å². The molecule has 29 heavy (non-hydrogen) atoms. The molecule has 3 heterocycles. The van der Waals surface area contributed by atoms with Crippen LogP contribution >= 0.6 is 23.1 Å². The highest BCUT2D eigenvalue weighted by Gasteiger charge is 2.32. The van der Waals surface area contributed by atoms with Crippen molar-refractivity contribution in [1.29, 1.82) is 0 Å². The van der Waals surface area contributed by atoms with Crippen LogP contribution in [0.15, 0.2) is 53.4 Å². The van der Waals surface area contributed by atoms with E-state index in [2.05, 4.69) is 48.2 Å². The molecule has 2 aliphatic heterocycles. The number of anilines is 1. The van der Waals surface area contributed by atoms with Crippen molar-refractivity contribution in [2.75, 3.05) is 24.5 Å². The Balaban J connectivity index is 1.37. The number of thiazole rings is 1. The first kappa shape index (κ1) is 19.1. The quantitative estimate of drug-likeness (QED) is 0.569. The monoisotopic (exact) mass is 423 g/mol. The van der Waals surface area contributed by atoms with Crippen LogP contribution in [-0.2, 0) is 4.79 Å². The first-order chi connectivity index (χ1) is 14.2. The maximum absolute atomic E-state index is 13.4. The first-order valence-corrected chi connectivity index (χ1v) is 12.0. The van der Waals surface area contributed by atoms with Gasteiger partial charge in [0.25, 0.3) is 0 Å². The largest absolute Gasteiger partial charge is 0.310 e. The third-order valence-corrected chi connectivity index (χ3v) is 8.22. The highest BCUT2D eigenvalue weighted by molar-refractivity contribution is 8.00. The molecule has 1 saturated heterocycles. The van der Waals surface area contributed by atoms with Crippen molar-refractivity contribution in [1.82, 2.24) is 9.88 Å². The van der Waals surface area contributed by atoms with Crippen LogP contribution in [0, 0.1) is 0 Å². The zero-order valence-corrected chi connectivity index (χ0v) is 18.2. The fraction of sp³-hybridized carbons (Fsp3) is 0.391. The first-order valence-electron chi connectivity index (χ1n) is 10.3. The second-order valence-corrected chi connectivity index (χ2v) is 10.4. The second-order valence-electron chi connectivity index (χ2n) is 7.88. The summed E-state index contributed by atoms with van der Waals surface area (Å²) < 4.78 is 1.23. The van der Waals surface area contributed by atoms with Crippen LogP contribution in [0.25, 0.3) is 10.2 Å². The molecule has 1 amide bonds. The Morgan fingerprint density at radius 3 is 2.83 bits per heavy atom. The van der Waals surface area contributed by atoms with Crippen molar-refractivity contribution < 1.29 is 4.79 Å². The number of aromatic nitrogens is 1. The molecular weight excluding hydrogens is 398 g/mol. The van der Waals surface area contributed by atoms with Crippen molar-refractivity contribution in [2.24, 2.45) is 0 Å². The fourth-order valence-electron chi connectivity index (χ4n) is 4.33. The molecule has 3 aromatic rings. The molecule has 5 rings (SSSR count). The molecule has 1 fully saturated rings. The number of nitrogens with zero attached hydrogens (tertiary/aromatic N) is 3. The molecule has 2 atom stereocenters. The molecule has 6 heteroatoms. The molecule has 0 bridgehead atoms. The number of carbonyl (C=O) groups excluding carboxylic acids is 1. The lowest BCUT2D eigenvalue weighted by atomic mass is 10.2. The van der Waals surface area contributed by atoms with E-state index in [-0.39, 0.29) is 11.9 Å². The summed E-state index contributed by atoms with van der Waals surface area (Å²) in [6.45, 7) is 4.48. The van der Waals surface area contributed by atoms with E-state index >= 15 is 0 Å². The highest BCUT2D eigenvalue weighted by Crippen LogP contribution is 2.39. The number of carbonyl (C=O) groups is 1. The number of rotatable bonds is 3. The minimum Gasteiger partial charge on any atom is -0.310 e. The standard InChI is InChI=1S/C23H25N3OS2/c1-16-12-14-26(18-8-3-5-11-21(18)28-16)22(27)15-25-13-6-9-19(25)23-24-17-7-2-4-10-20(17)29-23/h2-5,7-8,10-11,16,19H,6,9,12-15H2,1H3/t16-,19+/m1/s1. The van der Waals surface area contributed by atoms with E-state index in [9.17, 15) is 4.79 Å². The maximum atomic E-state index is 13.4. The molecular formula is C23H25N3OS2. The Kier molecular flexibility index (Phi) is 5.33. The van der Waals surface area contributed by atoms with Gasteiger partial charge in [-0.2, -0.15) is 0 Å². The van der Waals surface area contributed by atoms with Gasteiger partial charge in [-0.15, -0.1) is 23.1 Å². The predicted octanol–water partition coefficient (Wildman–Crippen LogP) is 5.35. The van der Waals surface area contributed by atoms with E-state index in [1.54, 1.807) is 11.3 Å². The van der Waals surface area contributed by atoms with Crippen molar-refractivity contribution in [3.05, 3.63) is 53.5 Å². The summed E-state index contributed by atoms with van der Waals surface area (Å²) in [5.41, 5.74) is 2.14. The van der Waals surface area contributed by atoms with Crippen molar-refractivity contribution in [3.8, 4) is 0 Å². The normalized spacial score (nSPS) is 22.6. The number of amides is 1. The Hall–Kier alpha value is -1.89. The summed E-state index contributed by atoms with van der Waals surface area (Å²) in [5, 5.41) is 1.67. The van der Waals surface area contributed by atoms with E-state index in [1.807, 2.05) is 28.8 Å². The van der Waals surface area contributed by atoms with Crippen LogP contribution in [0.5, 0.6) is 0 Å². The molecule has 150 valence electrons. The second kappa shape index (κ2) is 8.09. The summed E-state index contributed by atoms with van der Waals surface area (Å²) in [6.07, 6.45) is 3.22. The average molecular weight is 424 g/mol. The predicted molar refractivity (Wildman–Crippen MR) is 122 cm³/mol. The number of para-hydroxylation sites is 2. The van der Waals surface area contributed by atoms with Gasteiger partial charge in [-0.1, -0.05) is 31.2 Å². The zero-order chi connectivity index (χ0) is 19.8. The van der Waals surface area contributed by atoms with Crippen molar-refractivity contribution >= 4 is 44.9 Å². The minimum absolute atomic E-state index is 0.208. The summed E-state index contributed by atoms with van der Waals surface area (Å²) >= 11 is 3.65. The van der Waals surface area contributed by atoms with Crippen LogP contribution < -0.4 is 4.90 Å². The lowest BCUT2D eigenvalue weighted by Gasteiger charge is -2.27. The number of fused-ring (bicyclic) bond motifs is 2. The number of hydrogen-bond acceptors (Lipinski definition) is 5. The topological polar surface area (TPSA) is 36.4 Å². The fourth-order valence-corrected chi connectivity index (χ4v) is 6.58. The molecule has 4 nitrogen and oxygen atoms in total. The van der Waals surface area contributed by atoms with Gasteiger partial charge in [-0.05, 0) is 50.1 Å². The van der Waals surface area contributed by atoms with Gasteiger partial charge in [0.05, 0.1) is 28.5 Å². The Bertz CT molecular complexity index is 1000. The molecule has 0 unspecified atom stereocenters. The molecule has 1 aromatic heterocycles.